The molecule has 5 nitrogen and oxygen atoms in total. The van der Waals surface area contributed by atoms with Crippen LogP contribution in [0.1, 0.15) is 47.5 Å². The van der Waals surface area contributed by atoms with E-state index in [2.05, 4.69) is 40.2 Å². The third-order valence-corrected chi connectivity index (χ3v) is 7.06. The van der Waals surface area contributed by atoms with Gasteiger partial charge in [-0.25, -0.2) is 4.98 Å². The first-order valence-corrected chi connectivity index (χ1v) is 10.7. The number of carbonyl (C=O) groups is 1. The maximum atomic E-state index is 13.0. The standard InChI is InChI=1S/C23H29N3O2/c1-16-22(28-15-24-16)23(27)25-12-18-10-19(14-25)21-9-5-8-20(26(21)13-18)11-17-6-3-2-4-7-17/h2-4,6-7,15,18-21H,5,8-14H2,1H3/t18-,19+,20+,21-/m0/s1. The van der Waals surface area contributed by atoms with Gasteiger partial charge in [-0.15, -0.1) is 0 Å². The lowest BCUT2D eigenvalue weighted by Gasteiger charge is -2.55. The van der Waals surface area contributed by atoms with Crippen LogP contribution >= 0.6 is 0 Å². The highest BCUT2D eigenvalue weighted by Gasteiger charge is 2.45. The highest BCUT2D eigenvalue weighted by Crippen LogP contribution is 2.40. The molecule has 5 heteroatoms. The Morgan fingerprint density at radius 1 is 1.18 bits per heavy atom. The second-order valence-corrected chi connectivity index (χ2v) is 8.88. The predicted molar refractivity (Wildman–Crippen MR) is 107 cm³/mol. The van der Waals surface area contributed by atoms with Crippen LogP contribution in [0.25, 0.3) is 0 Å². The number of fused-ring (bicyclic) bond motifs is 4. The summed E-state index contributed by atoms with van der Waals surface area (Å²) in [5.74, 6) is 1.59. The largest absolute Gasteiger partial charge is 0.438 e. The number of nitrogens with zero attached hydrogens (tertiary/aromatic N) is 3. The molecule has 28 heavy (non-hydrogen) atoms. The van der Waals surface area contributed by atoms with Gasteiger partial charge in [0.15, 0.2) is 6.39 Å². The summed E-state index contributed by atoms with van der Waals surface area (Å²) >= 11 is 0. The molecule has 3 aliphatic rings. The van der Waals surface area contributed by atoms with Crippen LogP contribution in [0, 0.1) is 18.8 Å². The molecule has 0 N–H and O–H groups in total. The molecule has 0 radical (unpaired) electrons. The van der Waals surface area contributed by atoms with E-state index in [0.29, 0.717) is 35.4 Å². The van der Waals surface area contributed by atoms with Crippen molar-refractivity contribution < 1.29 is 9.21 Å². The number of amides is 1. The van der Waals surface area contributed by atoms with Gasteiger partial charge in [0.05, 0.1) is 5.69 Å². The molecule has 0 saturated carbocycles. The summed E-state index contributed by atoms with van der Waals surface area (Å²) in [5.41, 5.74) is 2.14. The van der Waals surface area contributed by atoms with E-state index in [1.54, 1.807) is 0 Å². The fraction of sp³-hybridized carbons (Fsp3) is 0.565. The van der Waals surface area contributed by atoms with Crippen molar-refractivity contribution in [1.29, 1.82) is 0 Å². The fourth-order valence-electron chi connectivity index (χ4n) is 5.83. The summed E-state index contributed by atoms with van der Waals surface area (Å²) in [7, 11) is 0. The molecule has 4 heterocycles. The highest BCUT2D eigenvalue weighted by molar-refractivity contribution is 5.92. The van der Waals surface area contributed by atoms with E-state index < -0.39 is 0 Å². The lowest BCUT2D eigenvalue weighted by Crippen LogP contribution is -2.62. The Labute approximate surface area is 166 Å². The molecule has 5 rings (SSSR count). The number of aromatic nitrogens is 1. The van der Waals surface area contributed by atoms with Crippen molar-refractivity contribution in [3.63, 3.8) is 0 Å². The molecule has 0 spiro atoms. The van der Waals surface area contributed by atoms with Crippen LogP contribution in [0.15, 0.2) is 41.1 Å². The Morgan fingerprint density at radius 2 is 2.04 bits per heavy atom. The Balaban J connectivity index is 1.32. The molecule has 2 bridgehead atoms. The van der Waals surface area contributed by atoms with Crippen molar-refractivity contribution in [2.24, 2.45) is 11.8 Å². The molecule has 148 valence electrons. The quantitative estimate of drug-likeness (QED) is 0.818. The van der Waals surface area contributed by atoms with E-state index in [4.69, 9.17) is 4.42 Å². The average Bonchev–Trinajstić information content (AvgIpc) is 3.14. The van der Waals surface area contributed by atoms with Crippen molar-refractivity contribution in [2.75, 3.05) is 19.6 Å². The minimum atomic E-state index is 0.0230. The molecule has 3 fully saturated rings. The molecule has 1 amide bonds. The van der Waals surface area contributed by atoms with Crippen molar-refractivity contribution in [3.8, 4) is 0 Å². The maximum Gasteiger partial charge on any atom is 0.291 e. The van der Waals surface area contributed by atoms with Gasteiger partial charge < -0.3 is 9.32 Å². The van der Waals surface area contributed by atoms with E-state index in [9.17, 15) is 4.79 Å². The first-order chi connectivity index (χ1) is 13.7. The van der Waals surface area contributed by atoms with E-state index in [0.717, 1.165) is 26.1 Å². The summed E-state index contributed by atoms with van der Waals surface area (Å²) in [4.78, 5) is 21.9. The van der Waals surface area contributed by atoms with Gasteiger partial charge in [-0.2, -0.15) is 0 Å². The lowest BCUT2D eigenvalue weighted by atomic mass is 9.74. The van der Waals surface area contributed by atoms with Gasteiger partial charge in [-0.1, -0.05) is 36.8 Å². The predicted octanol–water partition coefficient (Wildman–Crippen LogP) is 3.54. The first kappa shape index (κ1) is 17.9. The van der Waals surface area contributed by atoms with Crippen LogP contribution in [-0.4, -0.2) is 52.4 Å². The van der Waals surface area contributed by atoms with Gasteiger partial charge in [0, 0.05) is 31.7 Å². The number of carbonyl (C=O) groups excluding carboxylic acids is 1. The summed E-state index contributed by atoms with van der Waals surface area (Å²) in [5, 5.41) is 0. The molecule has 3 aliphatic heterocycles. The van der Waals surface area contributed by atoms with Gasteiger partial charge in [0.25, 0.3) is 5.91 Å². The van der Waals surface area contributed by atoms with E-state index in [-0.39, 0.29) is 5.91 Å². The minimum Gasteiger partial charge on any atom is -0.438 e. The normalized spacial score (nSPS) is 30.1. The summed E-state index contributed by atoms with van der Waals surface area (Å²) in [6, 6.07) is 12.2. The van der Waals surface area contributed by atoms with Crippen LogP contribution < -0.4 is 0 Å². The van der Waals surface area contributed by atoms with Gasteiger partial charge in [0.2, 0.25) is 5.76 Å². The Kier molecular flexibility index (Phi) is 4.71. The molecule has 3 saturated heterocycles. The van der Waals surface area contributed by atoms with Crippen LogP contribution in [0.4, 0.5) is 0 Å². The second-order valence-electron chi connectivity index (χ2n) is 8.88. The Bertz CT molecular complexity index is 833. The molecule has 0 unspecified atom stereocenters. The summed E-state index contributed by atoms with van der Waals surface area (Å²) in [6.07, 6.45) is 7.66. The molecular formula is C23H29N3O2. The number of oxazole rings is 1. The van der Waals surface area contributed by atoms with Crippen molar-refractivity contribution in [3.05, 3.63) is 53.7 Å². The van der Waals surface area contributed by atoms with E-state index >= 15 is 0 Å². The van der Waals surface area contributed by atoms with Crippen LogP contribution in [0.3, 0.4) is 0 Å². The van der Waals surface area contributed by atoms with Crippen LogP contribution in [0.2, 0.25) is 0 Å². The average molecular weight is 380 g/mol. The van der Waals surface area contributed by atoms with Gasteiger partial charge >= 0.3 is 0 Å². The smallest absolute Gasteiger partial charge is 0.291 e. The minimum absolute atomic E-state index is 0.0230. The maximum absolute atomic E-state index is 13.0. The van der Waals surface area contributed by atoms with Gasteiger partial charge in [-0.3, -0.25) is 9.69 Å². The number of piperidine rings is 3. The zero-order valence-corrected chi connectivity index (χ0v) is 16.6. The number of aryl methyl sites for hydroxylation is 1. The zero-order valence-electron chi connectivity index (χ0n) is 16.6. The third-order valence-electron chi connectivity index (χ3n) is 7.06. The van der Waals surface area contributed by atoms with Crippen molar-refractivity contribution >= 4 is 5.91 Å². The van der Waals surface area contributed by atoms with Crippen LogP contribution in [-0.2, 0) is 6.42 Å². The molecule has 2 aromatic rings. The molecule has 1 aromatic carbocycles. The Hall–Kier alpha value is -2.14. The molecule has 1 aromatic heterocycles. The zero-order chi connectivity index (χ0) is 19.1. The number of likely N-dealkylation sites (tertiary alicyclic amines) is 1. The number of rotatable bonds is 3. The Morgan fingerprint density at radius 3 is 2.82 bits per heavy atom. The number of hydrogen-bond donors (Lipinski definition) is 0. The van der Waals surface area contributed by atoms with Crippen molar-refractivity contribution in [1.82, 2.24) is 14.8 Å². The van der Waals surface area contributed by atoms with E-state index in [1.165, 1.54) is 37.6 Å². The lowest BCUT2D eigenvalue weighted by molar-refractivity contribution is -0.0503. The van der Waals surface area contributed by atoms with Crippen molar-refractivity contribution in [2.45, 2.75) is 51.1 Å². The SMILES string of the molecule is Cc1ncoc1C(=O)N1C[C@@H]2C[C@H](C1)[C@@H]1CCC[C@H](Cc3ccccc3)N1C2. The molecule has 4 atom stereocenters. The van der Waals surface area contributed by atoms with Gasteiger partial charge in [-0.05, 0) is 50.0 Å². The second kappa shape index (κ2) is 7.36. The topological polar surface area (TPSA) is 49.6 Å². The monoisotopic (exact) mass is 379 g/mol. The summed E-state index contributed by atoms with van der Waals surface area (Å²) < 4.78 is 5.38. The first-order valence-electron chi connectivity index (χ1n) is 10.7. The fourth-order valence-corrected chi connectivity index (χ4v) is 5.83. The third kappa shape index (κ3) is 3.26. The summed E-state index contributed by atoms with van der Waals surface area (Å²) in [6.45, 7) is 4.67. The molecule has 0 aliphatic carbocycles. The van der Waals surface area contributed by atoms with E-state index in [1.807, 2.05) is 11.8 Å². The van der Waals surface area contributed by atoms with Gasteiger partial charge in [0.1, 0.15) is 0 Å². The number of hydrogen-bond acceptors (Lipinski definition) is 4. The van der Waals surface area contributed by atoms with Crippen LogP contribution in [0.5, 0.6) is 0 Å². The highest BCUT2D eigenvalue weighted by atomic mass is 16.3. The number of benzene rings is 1. The molecular weight excluding hydrogens is 350 g/mol.